The predicted octanol–water partition coefficient (Wildman–Crippen LogP) is 6.99. The number of halogens is 5. The van der Waals surface area contributed by atoms with Crippen molar-refractivity contribution >= 4 is 45.8 Å². The molecule has 0 spiro atoms. The minimum absolute atomic E-state index is 0.0144. The van der Waals surface area contributed by atoms with Crippen molar-refractivity contribution in [1.29, 1.82) is 0 Å². The number of benzene rings is 2. The number of likely N-dealkylation sites (tertiary alicyclic amines) is 1. The van der Waals surface area contributed by atoms with Gasteiger partial charge in [0.25, 0.3) is 5.91 Å². The standard InChI is InChI=1S/C27H25Cl2F3N2O2/c1-14-8-16(27(30,31)32)9-23-20(14)10-18(33(23)3)11-21-22(28)5-4-19(24(21)29)25(36)34-13-26(15(2)35)7-6-17(34)12-26/h4-5,8-10,17H,6-7,11-13H2,1-3H3/t17-,26-/m1/s1. The quantitative estimate of drug-likeness (QED) is 0.360. The van der Waals surface area contributed by atoms with Crippen LogP contribution in [0.4, 0.5) is 13.2 Å². The van der Waals surface area contributed by atoms with Gasteiger partial charge in [0.2, 0.25) is 0 Å². The predicted molar refractivity (Wildman–Crippen MR) is 134 cm³/mol. The highest BCUT2D eigenvalue weighted by molar-refractivity contribution is 6.38. The molecule has 0 N–H and O–H groups in total. The van der Waals surface area contributed by atoms with E-state index in [9.17, 15) is 22.8 Å². The summed E-state index contributed by atoms with van der Waals surface area (Å²) in [4.78, 5) is 27.5. The van der Waals surface area contributed by atoms with Crippen LogP contribution in [0, 0.1) is 12.3 Å². The summed E-state index contributed by atoms with van der Waals surface area (Å²) in [6, 6.07) is 7.36. The lowest BCUT2D eigenvalue weighted by Gasteiger charge is -2.31. The van der Waals surface area contributed by atoms with Crippen LogP contribution in [0.15, 0.2) is 30.3 Å². The Labute approximate surface area is 217 Å². The van der Waals surface area contributed by atoms with Gasteiger partial charge < -0.3 is 9.47 Å². The molecule has 2 aromatic carbocycles. The van der Waals surface area contributed by atoms with Crippen molar-refractivity contribution in [2.45, 2.75) is 51.7 Å². The van der Waals surface area contributed by atoms with Crippen LogP contribution in [0.25, 0.3) is 10.9 Å². The van der Waals surface area contributed by atoms with Gasteiger partial charge in [-0.3, -0.25) is 9.59 Å². The number of amides is 1. The lowest BCUT2D eigenvalue weighted by molar-refractivity contribution is -0.137. The topological polar surface area (TPSA) is 42.3 Å². The van der Waals surface area contributed by atoms with Crippen LogP contribution in [0.2, 0.25) is 10.0 Å². The summed E-state index contributed by atoms with van der Waals surface area (Å²) in [5, 5.41) is 1.31. The molecule has 2 bridgehead atoms. The first kappa shape index (κ1) is 25.2. The third-order valence-corrected chi connectivity index (χ3v) is 8.86. The van der Waals surface area contributed by atoms with Gasteiger partial charge in [0.05, 0.1) is 16.1 Å². The maximum atomic E-state index is 13.5. The van der Waals surface area contributed by atoms with E-state index in [1.54, 1.807) is 42.5 Å². The van der Waals surface area contributed by atoms with Gasteiger partial charge in [-0.15, -0.1) is 0 Å². The van der Waals surface area contributed by atoms with Gasteiger partial charge in [0, 0.05) is 53.1 Å². The number of aryl methyl sites for hydroxylation is 2. The number of Topliss-reactive ketones (excluding diaryl/α,β-unsaturated/α-hetero) is 1. The average Bonchev–Trinajstić information content (AvgIpc) is 3.49. The molecular weight excluding hydrogens is 512 g/mol. The summed E-state index contributed by atoms with van der Waals surface area (Å²) < 4.78 is 41.8. The molecule has 2 heterocycles. The highest BCUT2D eigenvalue weighted by Crippen LogP contribution is 2.49. The van der Waals surface area contributed by atoms with E-state index in [0.29, 0.717) is 45.6 Å². The third-order valence-electron chi connectivity index (χ3n) is 8.07. The molecular formula is C27H25Cl2F3N2O2. The minimum Gasteiger partial charge on any atom is -0.347 e. The van der Waals surface area contributed by atoms with Crippen LogP contribution in [0.3, 0.4) is 0 Å². The van der Waals surface area contributed by atoms with Crippen LogP contribution in [-0.2, 0) is 24.4 Å². The molecule has 2 atom stereocenters. The Hall–Kier alpha value is -2.51. The molecule has 4 nitrogen and oxygen atoms in total. The Bertz CT molecular complexity index is 1430. The Balaban J connectivity index is 1.50. The Morgan fingerprint density at radius 2 is 1.89 bits per heavy atom. The number of hydrogen-bond donors (Lipinski definition) is 0. The smallest absolute Gasteiger partial charge is 0.347 e. The van der Waals surface area contributed by atoms with Crippen molar-refractivity contribution in [3.8, 4) is 0 Å². The van der Waals surface area contributed by atoms with Crippen LogP contribution in [0.1, 0.15) is 58.9 Å². The summed E-state index contributed by atoms with van der Waals surface area (Å²) in [5.74, 6) is -0.114. The van der Waals surface area contributed by atoms with Crippen LogP contribution in [-0.4, -0.2) is 33.7 Å². The Morgan fingerprint density at radius 1 is 1.17 bits per heavy atom. The second-order valence-corrected chi connectivity index (χ2v) is 10.9. The lowest BCUT2D eigenvalue weighted by atomic mass is 9.83. The molecule has 3 aromatic rings. The SMILES string of the molecule is CC(=O)[C@]12CC[C@H](C1)N(C(=O)c1ccc(Cl)c(Cc3cc4c(C)cc(C(F)(F)F)cc4n3C)c1Cl)C2. The number of rotatable bonds is 4. The number of nitrogens with zero attached hydrogens (tertiary/aromatic N) is 2. The van der Waals surface area contributed by atoms with Gasteiger partial charge >= 0.3 is 6.18 Å². The fraction of sp³-hybridized carbons (Fsp3) is 0.407. The van der Waals surface area contributed by atoms with E-state index in [0.717, 1.165) is 30.7 Å². The van der Waals surface area contributed by atoms with E-state index in [1.807, 2.05) is 6.07 Å². The number of hydrogen-bond acceptors (Lipinski definition) is 2. The summed E-state index contributed by atoms with van der Waals surface area (Å²) in [6.07, 6.45) is -1.93. The van der Waals surface area contributed by atoms with E-state index in [1.165, 1.54) is 0 Å². The molecule has 2 fully saturated rings. The first-order valence-electron chi connectivity index (χ1n) is 11.8. The van der Waals surface area contributed by atoms with Crippen molar-refractivity contribution in [2.75, 3.05) is 6.54 Å². The number of piperidine rings is 1. The normalized spacial score (nSPS) is 21.6. The fourth-order valence-electron chi connectivity index (χ4n) is 5.89. The number of alkyl halides is 3. The fourth-order valence-corrected chi connectivity index (χ4v) is 6.47. The molecule has 1 amide bonds. The molecule has 2 aliphatic rings. The van der Waals surface area contributed by atoms with Gasteiger partial charge in [0.15, 0.2) is 0 Å². The van der Waals surface area contributed by atoms with E-state index in [-0.39, 0.29) is 29.2 Å². The molecule has 0 unspecified atom stereocenters. The van der Waals surface area contributed by atoms with Gasteiger partial charge in [-0.1, -0.05) is 23.2 Å². The van der Waals surface area contributed by atoms with E-state index < -0.39 is 17.2 Å². The number of fused-ring (bicyclic) bond motifs is 3. The number of carbonyl (C=O) groups is 2. The minimum atomic E-state index is -4.44. The van der Waals surface area contributed by atoms with Crippen molar-refractivity contribution in [1.82, 2.24) is 9.47 Å². The number of aromatic nitrogens is 1. The summed E-state index contributed by atoms with van der Waals surface area (Å²) in [6.45, 7) is 3.63. The zero-order valence-corrected chi connectivity index (χ0v) is 21.6. The molecule has 1 saturated carbocycles. The molecule has 190 valence electrons. The molecule has 9 heteroatoms. The summed E-state index contributed by atoms with van der Waals surface area (Å²) in [7, 11) is 1.70. The molecule has 5 rings (SSSR count). The first-order valence-corrected chi connectivity index (χ1v) is 12.5. The van der Waals surface area contributed by atoms with Gasteiger partial charge in [-0.2, -0.15) is 13.2 Å². The molecule has 1 aliphatic heterocycles. The largest absolute Gasteiger partial charge is 0.416 e. The third kappa shape index (κ3) is 3.91. The van der Waals surface area contributed by atoms with Crippen LogP contribution < -0.4 is 0 Å². The van der Waals surface area contributed by atoms with Crippen LogP contribution in [0.5, 0.6) is 0 Å². The molecule has 1 aromatic heterocycles. The van der Waals surface area contributed by atoms with Crippen molar-refractivity contribution < 1.29 is 22.8 Å². The number of ketones is 1. The zero-order chi connectivity index (χ0) is 26.2. The van der Waals surface area contributed by atoms with Crippen LogP contribution >= 0.6 is 23.2 Å². The molecule has 1 saturated heterocycles. The van der Waals surface area contributed by atoms with E-state index in [4.69, 9.17) is 23.2 Å². The molecule has 1 aliphatic carbocycles. The highest BCUT2D eigenvalue weighted by atomic mass is 35.5. The van der Waals surface area contributed by atoms with Crippen molar-refractivity contribution in [2.24, 2.45) is 12.5 Å². The highest BCUT2D eigenvalue weighted by Gasteiger charge is 2.54. The second-order valence-electron chi connectivity index (χ2n) is 10.1. The average molecular weight is 537 g/mol. The van der Waals surface area contributed by atoms with Gasteiger partial charge in [-0.05, 0) is 74.6 Å². The van der Waals surface area contributed by atoms with Crippen molar-refractivity contribution in [3.05, 3.63) is 68.3 Å². The zero-order valence-electron chi connectivity index (χ0n) is 20.1. The van der Waals surface area contributed by atoms with Gasteiger partial charge in [-0.25, -0.2) is 0 Å². The molecule has 36 heavy (non-hydrogen) atoms. The summed E-state index contributed by atoms with van der Waals surface area (Å²) >= 11 is 13.2. The number of carbonyl (C=O) groups excluding carboxylic acids is 2. The van der Waals surface area contributed by atoms with Gasteiger partial charge in [0.1, 0.15) is 5.78 Å². The van der Waals surface area contributed by atoms with E-state index >= 15 is 0 Å². The maximum absolute atomic E-state index is 13.5. The summed E-state index contributed by atoms with van der Waals surface area (Å²) in [5.41, 5.74) is 1.39. The maximum Gasteiger partial charge on any atom is 0.416 e. The Kier molecular flexibility index (Phi) is 5.95. The first-order chi connectivity index (χ1) is 16.8. The molecule has 0 radical (unpaired) electrons. The Morgan fingerprint density at radius 3 is 2.53 bits per heavy atom. The monoisotopic (exact) mass is 536 g/mol. The second kappa shape index (κ2) is 8.52. The van der Waals surface area contributed by atoms with E-state index in [2.05, 4.69) is 0 Å². The lowest BCUT2D eigenvalue weighted by Crippen LogP contribution is -2.42. The van der Waals surface area contributed by atoms with Crippen molar-refractivity contribution in [3.63, 3.8) is 0 Å².